The molecule has 1 aromatic heterocycles. The highest BCUT2D eigenvalue weighted by atomic mass is 79.9. The fourth-order valence-corrected chi connectivity index (χ4v) is 3.43. The second kappa shape index (κ2) is 6.26. The zero-order valence-corrected chi connectivity index (χ0v) is 13.0. The van der Waals surface area contributed by atoms with E-state index in [0.717, 1.165) is 9.35 Å². The van der Waals surface area contributed by atoms with Crippen LogP contribution < -0.4 is 4.74 Å². The van der Waals surface area contributed by atoms with Gasteiger partial charge in [-0.15, -0.1) is 11.3 Å². The monoisotopic (exact) mass is 366 g/mol. The summed E-state index contributed by atoms with van der Waals surface area (Å²) < 4.78 is 6.67. The van der Waals surface area contributed by atoms with Gasteiger partial charge in [-0.1, -0.05) is 23.2 Å². The molecule has 18 heavy (non-hydrogen) atoms. The van der Waals surface area contributed by atoms with Gasteiger partial charge in [-0.3, -0.25) is 0 Å². The number of rotatable bonds is 4. The van der Waals surface area contributed by atoms with Crippen LogP contribution in [0.2, 0.25) is 10.0 Å². The first-order valence-corrected chi connectivity index (χ1v) is 7.48. The number of aliphatic hydroxyl groups is 1. The molecule has 2 aromatic rings. The lowest BCUT2D eigenvalue weighted by Gasteiger charge is -2.12. The number of hydrogen-bond donors (Lipinski definition) is 1. The third kappa shape index (κ3) is 3.19. The standard InChI is InChI=1S/C12H9BrCl2O2S/c13-9-1-2-18-11(9)6-17-12-7(5-16)3-8(14)4-10(12)15/h1-4,16H,5-6H2. The van der Waals surface area contributed by atoms with Crippen molar-refractivity contribution in [1.82, 2.24) is 0 Å². The largest absolute Gasteiger partial charge is 0.486 e. The molecular formula is C12H9BrCl2O2S. The summed E-state index contributed by atoms with van der Waals surface area (Å²) in [6.07, 6.45) is 0. The van der Waals surface area contributed by atoms with Gasteiger partial charge in [0.1, 0.15) is 12.4 Å². The van der Waals surface area contributed by atoms with Gasteiger partial charge in [0.05, 0.1) is 16.5 Å². The van der Waals surface area contributed by atoms with E-state index in [-0.39, 0.29) is 6.61 Å². The smallest absolute Gasteiger partial charge is 0.144 e. The molecule has 0 saturated carbocycles. The number of aliphatic hydroxyl groups excluding tert-OH is 1. The zero-order valence-electron chi connectivity index (χ0n) is 9.12. The summed E-state index contributed by atoms with van der Waals surface area (Å²) >= 11 is 17.0. The van der Waals surface area contributed by atoms with Crippen LogP contribution in [0.1, 0.15) is 10.4 Å². The molecule has 0 aliphatic heterocycles. The van der Waals surface area contributed by atoms with Crippen LogP contribution in [0.5, 0.6) is 5.75 Å². The fourth-order valence-electron chi connectivity index (χ4n) is 1.46. The molecule has 2 rings (SSSR count). The molecule has 1 heterocycles. The van der Waals surface area contributed by atoms with Crippen molar-refractivity contribution in [2.24, 2.45) is 0 Å². The van der Waals surface area contributed by atoms with Gasteiger partial charge in [0.2, 0.25) is 0 Å². The topological polar surface area (TPSA) is 29.5 Å². The summed E-state index contributed by atoms with van der Waals surface area (Å²) in [4.78, 5) is 1.06. The van der Waals surface area contributed by atoms with Crippen molar-refractivity contribution in [3.05, 3.63) is 48.5 Å². The molecule has 2 nitrogen and oxygen atoms in total. The molecule has 96 valence electrons. The van der Waals surface area contributed by atoms with E-state index in [9.17, 15) is 5.11 Å². The van der Waals surface area contributed by atoms with Crippen LogP contribution in [0.25, 0.3) is 0 Å². The van der Waals surface area contributed by atoms with Gasteiger partial charge in [0.25, 0.3) is 0 Å². The molecule has 1 N–H and O–H groups in total. The van der Waals surface area contributed by atoms with Crippen LogP contribution in [0.3, 0.4) is 0 Å². The lowest BCUT2D eigenvalue weighted by Crippen LogP contribution is -1.98. The molecule has 0 radical (unpaired) electrons. The molecule has 0 spiro atoms. The fraction of sp³-hybridized carbons (Fsp3) is 0.167. The highest BCUT2D eigenvalue weighted by molar-refractivity contribution is 9.10. The lowest BCUT2D eigenvalue weighted by atomic mass is 10.2. The van der Waals surface area contributed by atoms with Crippen LogP contribution in [-0.4, -0.2) is 5.11 Å². The van der Waals surface area contributed by atoms with E-state index in [1.165, 1.54) is 0 Å². The third-order valence-corrected chi connectivity index (χ3v) is 4.69. The zero-order chi connectivity index (χ0) is 13.1. The van der Waals surface area contributed by atoms with Gasteiger partial charge in [-0.2, -0.15) is 0 Å². The predicted molar refractivity (Wildman–Crippen MR) is 78.7 cm³/mol. The van der Waals surface area contributed by atoms with Crippen LogP contribution in [0, 0.1) is 0 Å². The maximum absolute atomic E-state index is 9.28. The second-order valence-electron chi connectivity index (χ2n) is 3.51. The Kier molecular flexibility index (Phi) is 4.92. The SMILES string of the molecule is OCc1cc(Cl)cc(Cl)c1OCc1sccc1Br. The first-order chi connectivity index (χ1) is 8.61. The normalized spacial score (nSPS) is 10.7. The Balaban J connectivity index is 2.21. The molecule has 0 amide bonds. The Bertz CT molecular complexity index is 557. The molecular weight excluding hydrogens is 359 g/mol. The van der Waals surface area contributed by atoms with Gasteiger partial charge >= 0.3 is 0 Å². The van der Waals surface area contributed by atoms with Crippen molar-refractivity contribution in [3.8, 4) is 5.75 Å². The van der Waals surface area contributed by atoms with Gasteiger partial charge in [0, 0.05) is 15.1 Å². The Labute approximate surface area is 127 Å². The first kappa shape index (κ1) is 14.2. The van der Waals surface area contributed by atoms with E-state index in [1.807, 2.05) is 11.4 Å². The number of thiophene rings is 1. The number of hydrogen-bond acceptors (Lipinski definition) is 3. The van der Waals surface area contributed by atoms with Gasteiger partial charge < -0.3 is 9.84 Å². The minimum atomic E-state index is -0.165. The summed E-state index contributed by atoms with van der Waals surface area (Å²) in [5.41, 5.74) is 0.583. The van der Waals surface area contributed by atoms with Crippen LogP contribution in [0.15, 0.2) is 28.1 Å². The molecule has 0 aliphatic rings. The Morgan fingerprint density at radius 1 is 1.33 bits per heavy atom. The van der Waals surface area contributed by atoms with Crippen molar-refractivity contribution in [2.45, 2.75) is 13.2 Å². The van der Waals surface area contributed by atoms with Crippen molar-refractivity contribution in [1.29, 1.82) is 0 Å². The van der Waals surface area contributed by atoms with Crippen molar-refractivity contribution in [2.75, 3.05) is 0 Å². The highest BCUT2D eigenvalue weighted by Gasteiger charge is 2.11. The summed E-state index contributed by atoms with van der Waals surface area (Å²) in [6, 6.07) is 5.20. The average molecular weight is 368 g/mol. The van der Waals surface area contributed by atoms with E-state index < -0.39 is 0 Å². The summed E-state index contributed by atoms with van der Waals surface area (Å²) in [5.74, 6) is 0.476. The minimum absolute atomic E-state index is 0.165. The summed E-state index contributed by atoms with van der Waals surface area (Å²) in [7, 11) is 0. The highest BCUT2D eigenvalue weighted by Crippen LogP contribution is 2.34. The van der Waals surface area contributed by atoms with E-state index in [1.54, 1.807) is 23.5 Å². The summed E-state index contributed by atoms with van der Waals surface area (Å²) in [6.45, 7) is 0.230. The van der Waals surface area contributed by atoms with Crippen LogP contribution in [0.4, 0.5) is 0 Å². The van der Waals surface area contributed by atoms with E-state index in [4.69, 9.17) is 27.9 Å². The van der Waals surface area contributed by atoms with Gasteiger partial charge in [0.15, 0.2) is 0 Å². The molecule has 1 aromatic carbocycles. The molecule has 6 heteroatoms. The Hall–Kier alpha value is -0.260. The van der Waals surface area contributed by atoms with Gasteiger partial charge in [-0.05, 0) is 39.5 Å². The molecule has 0 unspecified atom stereocenters. The first-order valence-electron chi connectivity index (χ1n) is 5.05. The second-order valence-corrected chi connectivity index (χ2v) is 6.21. The third-order valence-electron chi connectivity index (χ3n) is 2.29. The number of benzene rings is 1. The Morgan fingerprint density at radius 3 is 2.72 bits per heavy atom. The summed E-state index contributed by atoms with van der Waals surface area (Å²) in [5, 5.41) is 12.1. The lowest BCUT2D eigenvalue weighted by molar-refractivity contribution is 0.260. The molecule has 0 bridgehead atoms. The molecule has 0 fully saturated rings. The van der Waals surface area contributed by atoms with E-state index in [2.05, 4.69) is 15.9 Å². The minimum Gasteiger partial charge on any atom is -0.486 e. The van der Waals surface area contributed by atoms with Crippen molar-refractivity contribution in [3.63, 3.8) is 0 Å². The molecule has 0 atom stereocenters. The number of ether oxygens (including phenoxy) is 1. The number of halogens is 3. The quantitative estimate of drug-likeness (QED) is 0.833. The predicted octanol–water partition coefficient (Wildman–Crippen LogP) is 4.89. The van der Waals surface area contributed by atoms with Crippen molar-refractivity contribution >= 4 is 50.5 Å². The van der Waals surface area contributed by atoms with Crippen LogP contribution >= 0.6 is 50.5 Å². The van der Waals surface area contributed by atoms with E-state index in [0.29, 0.717) is 28.0 Å². The van der Waals surface area contributed by atoms with Crippen molar-refractivity contribution < 1.29 is 9.84 Å². The molecule has 0 aliphatic carbocycles. The molecule has 0 saturated heterocycles. The van der Waals surface area contributed by atoms with Gasteiger partial charge in [-0.25, -0.2) is 0 Å². The average Bonchev–Trinajstić information content (AvgIpc) is 2.73. The van der Waals surface area contributed by atoms with Crippen LogP contribution in [-0.2, 0) is 13.2 Å². The Morgan fingerprint density at radius 2 is 2.11 bits per heavy atom. The maximum Gasteiger partial charge on any atom is 0.144 e. The maximum atomic E-state index is 9.28. The van der Waals surface area contributed by atoms with E-state index >= 15 is 0 Å².